The maximum absolute atomic E-state index is 15.1. The molecule has 0 radical (unpaired) electrons. The number of hydrogen-bond donors (Lipinski definition) is 2. The summed E-state index contributed by atoms with van der Waals surface area (Å²) in [7, 11) is 1.60. The molecule has 0 spiro atoms. The smallest absolute Gasteiger partial charge is 0.346 e. The Morgan fingerprint density at radius 2 is 1.89 bits per heavy atom. The molecular weight excluding hydrogens is 515 g/mol. The molecule has 2 N–H and O–H groups in total. The highest BCUT2D eigenvalue weighted by Crippen LogP contribution is 2.36. The molecule has 0 aliphatic rings. The molecule has 9 heteroatoms. The molecule has 2 aromatic heterocycles. The van der Waals surface area contributed by atoms with Gasteiger partial charge in [0, 0.05) is 42.2 Å². The highest BCUT2D eigenvalue weighted by atomic mass is 35.5. The molecule has 4 rings (SSSR count). The fourth-order valence-corrected chi connectivity index (χ4v) is 5.59. The van der Waals surface area contributed by atoms with E-state index in [1.165, 1.54) is 28.0 Å². The summed E-state index contributed by atoms with van der Waals surface area (Å²) >= 11 is 7.19. The van der Waals surface area contributed by atoms with Gasteiger partial charge in [-0.2, -0.15) is 0 Å². The number of carboxylic acid groups (broad SMARTS) is 1. The number of oxime groups is 1. The summed E-state index contributed by atoms with van der Waals surface area (Å²) in [5.41, 5.74) is 4.24. The van der Waals surface area contributed by atoms with Crippen molar-refractivity contribution in [3.8, 4) is 11.1 Å². The topological polar surface area (TPSA) is 91.9 Å². The van der Waals surface area contributed by atoms with Crippen LogP contribution in [0.25, 0.3) is 11.1 Å². The molecule has 2 heterocycles. The molecular formula is C28H24ClFN2O4S. The number of rotatable bonds is 8. The molecule has 0 aliphatic carbocycles. The Bertz CT molecular complexity index is 1540. The average molecular weight is 539 g/mol. The average Bonchev–Trinajstić information content (AvgIpc) is 3.32. The van der Waals surface area contributed by atoms with E-state index in [1.54, 1.807) is 31.4 Å². The lowest BCUT2D eigenvalue weighted by atomic mass is 9.84. The van der Waals surface area contributed by atoms with Crippen LogP contribution in [-0.4, -0.2) is 26.6 Å². The number of aromatic carboxylic acids is 1. The summed E-state index contributed by atoms with van der Waals surface area (Å²) in [6.07, 6.45) is 2.30. The van der Waals surface area contributed by atoms with Crippen molar-refractivity contribution < 1.29 is 19.5 Å². The van der Waals surface area contributed by atoms with E-state index in [0.717, 1.165) is 22.3 Å². The summed E-state index contributed by atoms with van der Waals surface area (Å²) in [6.45, 7) is 1.92. The van der Waals surface area contributed by atoms with E-state index >= 15 is 4.39 Å². The fraction of sp³-hybridized carbons (Fsp3) is 0.179. The number of carboxylic acids is 1. The summed E-state index contributed by atoms with van der Waals surface area (Å²) in [5, 5.41) is 24.9. The van der Waals surface area contributed by atoms with Crippen molar-refractivity contribution in [3.05, 3.63) is 114 Å². The SMILES string of the molecule is CCc1c(-c2ccc([C@@H](CC(=NO)c3ccc(=O)n(C)c3)c3ccc(Cl)cc3F)cc2)csc1C(=O)O. The molecule has 0 bridgehead atoms. The second kappa shape index (κ2) is 11.1. The van der Waals surface area contributed by atoms with Gasteiger partial charge in [0.25, 0.3) is 0 Å². The van der Waals surface area contributed by atoms with E-state index in [9.17, 15) is 19.9 Å². The third-order valence-electron chi connectivity index (χ3n) is 6.34. The number of hydrogen-bond acceptors (Lipinski definition) is 5. The van der Waals surface area contributed by atoms with E-state index in [4.69, 9.17) is 11.6 Å². The van der Waals surface area contributed by atoms with Crippen LogP contribution in [0.2, 0.25) is 5.02 Å². The van der Waals surface area contributed by atoms with E-state index in [1.807, 2.05) is 36.6 Å². The Hall–Kier alpha value is -3.75. The van der Waals surface area contributed by atoms with Crippen LogP contribution in [0, 0.1) is 5.82 Å². The molecule has 0 saturated carbocycles. The Labute approximate surface area is 221 Å². The predicted molar refractivity (Wildman–Crippen MR) is 144 cm³/mol. The van der Waals surface area contributed by atoms with Gasteiger partial charge in [0.05, 0.1) is 5.71 Å². The summed E-state index contributed by atoms with van der Waals surface area (Å²) < 4.78 is 16.5. The number of nitrogens with zero attached hydrogens (tertiary/aromatic N) is 2. The molecule has 190 valence electrons. The molecule has 37 heavy (non-hydrogen) atoms. The largest absolute Gasteiger partial charge is 0.477 e. The number of halogens is 2. The third kappa shape index (κ3) is 5.50. The Morgan fingerprint density at radius 1 is 1.16 bits per heavy atom. The van der Waals surface area contributed by atoms with Gasteiger partial charge >= 0.3 is 5.97 Å². The minimum Gasteiger partial charge on any atom is -0.477 e. The van der Waals surface area contributed by atoms with Gasteiger partial charge in [0.15, 0.2) is 0 Å². The van der Waals surface area contributed by atoms with Crippen molar-refractivity contribution in [1.29, 1.82) is 0 Å². The summed E-state index contributed by atoms with van der Waals surface area (Å²) in [4.78, 5) is 23.7. The number of aryl methyl sites for hydroxylation is 1. The molecule has 0 fully saturated rings. The zero-order valence-corrected chi connectivity index (χ0v) is 21.7. The van der Waals surface area contributed by atoms with Crippen molar-refractivity contribution in [2.75, 3.05) is 0 Å². The van der Waals surface area contributed by atoms with Crippen LogP contribution in [0.15, 0.2) is 76.1 Å². The van der Waals surface area contributed by atoms with Crippen LogP contribution in [0.3, 0.4) is 0 Å². The van der Waals surface area contributed by atoms with Crippen LogP contribution in [0.5, 0.6) is 0 Å². The van der Waals surface area contributed by atoms with Crippen molar-refractivity contribution in [2.24, 2.45) is 12.2 Å². The monoisotopic (exact) mass is 538 g/mol. The first-order valence-corrected chi connectivity index (χ1v) is 12.8. The standard InChI is InChI=1S/C28H24ClFN2O4S/c1-3-20-23(15-37-27(20)28(34)35)17-6-4-16(5-7-17)22(21-10-9-19(29)12-24(21)30)13-25(31-36)18-8-11-26(33)32(2)14-18/h4-12,14-15,22,36H,3,13H2,1-2H3,(H,34,35)/t22-/m1/s1. The van der Waals surface area contributed by atoms with Gasteiger partial charge in [-0.1, -0.05) is 54.0 Å². The fourth-order valence-electron chi connectivity index (χ4n) is 4.42. The summed E-state index contributed by atoms with van der Waals surface area (Å²) in [5.74, 6) is -1.97. The molecule has 0 amide bonds. The van der Waals surface area contributed by atoms with Gasteiger partial charge in [-0.15, -0.1) is 11.3 Å². The van der Waals surface area contributed by atoms with Crippen LogP contribution in [0.4, 0.5) is 4.39 Å². The lowest BCUT2D eigenvalue weighted by Gasteiger charge is -2.20. The maximum atomic E-state index is 15.1. The Morgan fingerprint density at radius 3 is 2.49 bits per heavy atom. The van der Waals surface area contributed by atoms with Crippen LogP contribution in [0.1, 0.15) is 51.2 Å². The zero-order valence-electron chi connectivity index (χ0n) is 20.1. The Kier molecular flexibility index (Phi) is 7.90. The number of aromatic nitrogens is 1. The Balaban J connectivity index is 1.76. The van der Waals surface area contributed by atoms with Gasteiger partial charge in [0.2, 0.25) is 5.56 Å². The van der Waals surface area contributed by atoms with Crippen LogP contribution in [-0.2, 0) is 13.5 Å². The molecule has 0 saturated heterocycles. The first-order chi connectivity index (χ1) is 17.7. The van der Waals surface area contributed by atoms with Crippen molar-refractivity contribution in [1.82, 2.24) is 4.57 Å². The maximum Gasteiger partial charge on any atom is 0.346 e. The number of carbonyl (C=O) groups is 1. The minimum atomic E-state index is -0.947. The normalized spacial score (nSPS) is 12.5. The van der Waals surface area contributed by atoms with Gasteiger partial charge in [-0.05, 0) is 57.8 Å². The number of pyridine rings is 1. The van der Waals surface area contributed by atoms with Gasteiger partial charge in [-0.25, -0.2) is 9.18 Å². The molecule has 1 atom stereocenters. The van der Waals surface area contributed by atoms with E-state index in [0.29, 0.717) is 22.4 Å². The highest BCUT2D eigenvalue weighted by molar-refractivity contribution is 7.12. The van der Waals surface area contributed by atoms with E-state index in [2.05, 4.69) is 5.16 Å². The number of thiophene rings is 1. The summed E-state index contributed by atoms with van der Waals surface area (Å²) in [6, 6.07) is 14.9. The van der Waals surface area contributed by atoms with Gasteiger partial charge < -0.3 is 14.9 Å². The number of benzene rings is 2. The lowest BCUT2D eigenvalue weighted by molar-refractivity contribution is 0.0701. The van der Waals surface area contributed by atoms with Crippen molar-refractivity contribution in [3.63, 3.8) is 0 Å². The first kappa shape index (κ1) is 26.3. The lowest BCUT2D eigenvalue weighted by Crippen LogP contribution is -2.18. The van der Waals surface area contributed by atoms with E-state index in [-0.39, 0.29) is 22.7 Å². The second-order valence-electron chi connectivity index (χ2n) is 8.57. The van der Waals surface area contributed by atoms with Crippen LogP contribution < -0.4 is 5.56 Å². The third-order valence-corrected chi connectivity index (χ3v) is 7.59. The first-order valence-electron chi connectivity index (χ1n) is 11.5. The van der Waals surface area contributed by atoms with Gasteiger partial charge in [-0.3, -0.25) is 4.79 Å². The van der Waals surface area contributed by atoms with Gasteiger partial charge in [0.1, 0.15) is 10.7 Å². The zero-order chi connectivity index (χ0) is 26.7. The molecule has 4 aromatic rings. The van der Waals surface area contributed by atoms with Crippen LogP contribution >= 0.6 is 22.9 Å². The molecule has 6 nitrogen and oxygen atoms in total. The molecule has 0 aliphatic heterocycles. The quantitative estimate of drug-likeness (QED) is 0.151. The van der Waals surface area contributed by atoms with E-state index < -0.39 is 17.7 Å². The molecule has 0 unspecified atom stereocenters. The minimum absolute atomic E-state index is 0.147. The van der Waals surface area contributed by atoms with Crippen molar-refractivity contribution >= 4 is 34.6 Å². The molecule has 2 aromatic carbocycles. The second-order valence-corrected chi connectivity index (χ2v) is 9.89. The van der Waals surface area contributed by atoms with Crippen molar-refractivity contribution in [2.45, 2.75) is 25.7 Å². The highest BCUT2D eigenvalue weighted by Gasteiger charge is 2.23. The predicted octanol–water partition coefficient (Wildman–Crippen LogP) is 6.57.